The molecule has 16 nitrogen and oxygen atoms in total. The molecule has 0 saturated heterocycles. The Morgan fingerprint density at radius 3 is 1.51 bits per heavy atom. The third-order valence-electron chi connectivity index (χ3n) is 8.57. The highest BCUT2D eigenvalue weighted by molar-refractivity contribution is 7.87. The Kier molecular flexibility index (Phi) is 18.9. The van der Waals surface area contributed by atoms with E-state index in [-0.39, 0.29) is 68.8 Å². The van der Waals surface area contributed by atoms with Crippen molar-refractivity contribution < 1.29 is 78.1 Å². The summed E-state index contributed by atoms with van der Waals surface area (Å²) in [5.74, 6) is 1.02. The molecule has 0 radical (unpaired) electrons. The van der Waals surface area contributed by atoms with Crippen molar-refractivity contribution in [2.75, 3.05) is 42.7 Å². The van der Waals surface area contributed by atoms with Gasteiger partial charge in [-0.2, -0.15) is 21.6 Å². The predicted octanol–water partition coefficient (Wildman–Crippen LogP) is 8.16. The topological polar surface area (TPSA) is 192 Å². The van der Waals surface area contributed by atoms with Crippen LogP contribution in [0, 0.1) is 0 Å². The van der Waals surface area contributed by atoms with Crippen molar-refractivity contribution in [1.29, 1.82) is 0 Å². The molecule has 346 valence electrons. The van der Waals surface area contributed by atoms with Crippen molar-refractivity contribution in [3.8, 4) is 34.5 Å². The van der Waals surface area contributed by atoms with E-state index in [1.54, 1.807) is 47.6 Å². The van der Waals surface area contributed by atoms with Gasteiger partial charge in [-0.05, 0) is 85.4 Å². The number of alkyl halides is 3. The largest absolute Gasteiger partial charge is 0.534 e. The highest BCUT2D eigenvalue weighted by Gasteiger charge is 2.49. The molecular weight excluding hydrogens is 834 g/mol. The number of amides is 2. The molecule has 0 aromatic heterocycles. The van der Waals surface area contributed by atoms with Crippen LogP contribution in [0.4, 0.5) is 22.8 Å². The fourth-order valence-electron chi connectivity index (χ4n) is 6.22. The van der Waals surface area contributed by atoms with Crippen LogP contribution in [0.1, 0.15) is 103 Å². The second-order valence-electron chi connectivity index (χ2n) is 15.2. The minimum absolute atomic E-state index is 0. The SMILES string of the molecule is C.C.COc1cc2c(c(OC)c1OC)CC[C@@H](NC(=O)OC(C)(C)C)C=C2OS(=O)(=O)C(F)(F)F.COc1cc2c(c(OC)c1OC)CC[C@@H](NC(=O)OC(C)(C)C)CC2=O. The average Bonchev–Trinajstić information content (AvgIpc) is 3.37. The summed E-state index contributed by atoms with van der Waals surface area (Å²) in [6, 6.07) is 1.72. The van der Waals surface area contributed by atoms with E-state index < -0.39 is 50.8 Å². The third kappa shape index (κ3) is 13.9. The third-order valence-corrected chi connectivity index (χ3v) is 9.54. The number of ether oxygens (including phenoxy) is 8. The van der Waals surface area contributed by atoms with E-state index in [0.717, 1.165) is 11.6 Å². The van der Waals surface area contributed by atoms with Crippen molar-refractivity contribution in [2.45, 2.75) is 117 Å². The first-order valence-corrected chi connectivity index (χ1v) is 19.6. The van der Waals surface area contributed by atoms with Gasteiger partial charge in [-0.25, -0.2) is 9.59 Å². The Morgan fingerprint density at radius 1 is 0.656 bits per heavy atom. The summed E-state index contributed by atoms with van der Waals surface area (Å²) in [5, 5.41) is 5.29. The zero-order valence-electron chi connectivity index (χ0n) is 35.2. The molecule has 4 rings (SSSR count). The molecule has 2 N–H and O–H groups in total. The number of nitrogens with one attached hydrogen (secondary N) is 2. The Bertz CT molecular complexity index is 2010. The maximum atomic E-state index is 13.1. The number of carbonyl (C=O) groups is 3. The zero-order chi connectivity index (χ0) is 44.7. The van der Waals surface area contributed by atoms with Crippen molar-refractivity contribution in [3.63, 3.8) is 0 Å². The lowest BCUT2D eigenvalue weighted by atomic mass is 9.99. The Morgan fingerprint density at radius 2 is 1.08 bits per heavy atom. The number of carbonyl (C=O) groups excluding carboxylic acids is 3. The minimum Gasteiger partial charge on any atom is -0.493 e. The van der Waals surface area contributed by atoms with Crippen LogP contribution >= 0.6 is 0 Å². The fraction of sp³-hybridized carbons (Fsp3) is 0.585. The quantitative estimate of drug-likeness (QED) is 0.132. The molecule has 0 fully saturated rings. The van der Waals surface area contributed by atoms with E-state index >= 15 is 0 Å². The van der Waals surface area contributed by atoms with Crippen LogP contribution in [0.5, 0.6) is 34.5 Å². The van der Waals surface area contributed by atoms with E-state index in [0.29, 0.717) is 41.2 Å². The standard InChI is InChI=1S/C20H26F3NO8S.C19H27NO6.2CH4/c1-19(2,3)31-18(25)24-11-7-8-12-13(10-15(28-4)17(30-6)16(12)29-5)14(9-11)32-33(26,27)20(21,22)23;1-19(2,3)26-18(22)20-11-7-8-12-13(14(21)9-11)10-15(23-4)17(25-6)16(12)24-5;;/h9-11H,7-8H2,1-6H3,(H,24,25);10-11H,7-9H2,1-6H3,(H,20,22);2*1H4/t2*11-;;/m11../s1. The summed E-state index contributed by atoms with van der Waals surface area (Å²) in [6.07, 6.45) is 1.37. The van der Waals surface area contributed by atoms with Crippen LogP contribution < -0.4 is 39.1 Å². The van der Waals surface area contributed by atoms with Crippen molar-refractivity contribution in [1.82, 2.24) is 10.6 Å². The highest BCUT2D eigenvalue weighted by atomic mass is 32.2. The van der Waals surface area contributed by atoms with Gasteiger partial charge < -0.3 is 52.7 Å². The van der Waals surface area contributed by atoms with Gasteiger partial charge in [0.2, 0.25) is 11.5 Å². The summed E-state index contributed by atoms with van der Waals surface area (Å²) in [4.78, 5) is 37.0. The van der Waals surface area contributed by atoms with Gasteiger partial charge in [0, 0.05) is 34.7 Å². The summed E-state index contributed by atoms with van der Waals surface area (Å²) in [5.41, 5.74) is -5.50. The normalized spacial score (nSPS) is 16.2. The second kappa shape index (κ2) is 21.5. The summed E-state index contributed by atoms with van der Waals surface area (Å²) in [6.45, 7) is 10.3. The number of halogens is 3. The first-order valence-electron chi connectivity index (χ1n) is 18.2. The van der Waals surface area contributed by atoms with E-state index in [9.17, 15) is 36.0 Å². The van der Waals surface area contributed by atoms with Gasteiger partial charge >= 0.3 is 27.8 Å². The molecule has 2 aliphatic rings. The average molecular weight is 895 g/mol. The zero-order valence-corrected chi connectivity index (χ0v) is 36.0. The maximum Gasteiger partial charge on any atom is 0.534 e. The van der Waals surface area contributed by atoms with Crippen LogP contribution in [0.3, 0.4) is 0 Å². The Labute approximate surface area is 356 Å². The van der Waals surface area contributed by atoms with E-state index in [1.807, 2.05) is 0 Å². The second-order valence-corrected chi connectivity index (χ2v) is 16.7. The van der Waals surface area contributed by atoms with Crippen LogP contribution in [-0.2, 0) is 36.6 Å². The van der Waals surface area contributed by atoms with E-state index in [4.69, 9.17) is 37.9 Å². The first kappa shape index (κ1) is 53.7. The number of Topliss-reactive ketones (excluding diaryl/α,β-unsaturated/α-hetero) is 1. The predicted molar refractivity (Wildman–Crippen MR) is 222 cm³/mol. The van der Waals surface area contributed by atoms with Crippen LogP contribution in [-0.4, -0.2) is 97.8 Å². The molecule has 61 heavy (non-hydrogen) atoms. The van der Waals surface area contributed by atoms with Crippen LogP contribution in [0.15, 0.2) is 18.2 Å². The van der Waals surface area contributed by atoms with Gasteiger partial charge in [0.1, 0.15) is 17.0 Å². The number of alkyl carbamates (subject to hydrolysis) is 2. The molecule has 2 aromatic rings. The van der Waals surface area contributed by atoms with E-state index in [2.05, 4.69) is 14.8 Å². The molecule has 2 aromatic carbocycles. The van der Waals surface area contributed by atoms with Gasteiger partial charge in [0.25, 0.3) is 0 Å². The number of hydrogen-bond donors (Lipinski definition) is 2. The van der Waals surface area contributed by atoms with Gasteiger partial charge in [0.15, 0.2) is 28.8 Å². The number of benzene rings is 2. The highest BCUT2D eigenvalue weighted by Crippen LogP contribution is 2.47. The number of ketones is 1. The number of fused-ring (bicyclic) bond motifs is 2. The lowest BCUT2D eigenvalue weighted by Crippen LogP contribution is -2.39. The minimum atomic E-state index is -6.02. The molecule has 0 spiro atoms. The van der Waals surface area contributed by atoms with Gasteiger partial charge in [-0.15, -0.1) is 0 Å². The Balaban J connectivity index is 0.000000606. The molecule has 0 bridgehead atoms. The van der Waals surface area contributed by atoms with Gasteiger partial charge in [-0.1, -0.05) is 14.9 Å². The molecule has 2 atom stereocenters. The van der Waals surface area contributed by atoms with Crippen molar-refractivity contribution >= 4 is 33.8 Å². The molecule has 2 aliphatic carbocycles. The van der Waals surface area contributed by atoms with Crippen molar-refractivity contribution in [3.05, 3.63) is 40.5 Å². The van der Waals surface area contributed by atoms with Crippen LogP contribution in [0.25, 0.3) is 5.76 Å². The molecule has 0 aliphatic heterocycles. The molecule has 0 heterocycles. The molecule has 0 unspecified atom stereocenters. The monoisotopic (exact) mass is 894 g/mol. The summed E-state index contributed by atoms with van der Waals surface area (Å²) >= 11 is 0. The van der Waals surface area contributed by atoms with Gasteiger partial charge in [-0.3, -0.25) is 4.79 Å². The fourth-order valence-corrected chi connectivity index (χ4v) is 6.69. The lowest BCUT2D eigenvalue weighted by Gasteiger charge is -2.22. The maximum absolute atomic E-state index is 13.1. The molecule has 0 saturated carbocycles. The molecule has 20 heteroatoms. The molecule has 2 amide bonds. The van der Waals surface area contributed by atoms with E-state index in [1.165, 1.54) is 48.7 Å². The molecular formula is C41H61F3N2O14S. The van der Waals surface area contributed by atoms with Crippen LogP contribution in [0.2, 0.25) is 0 Å². The van der Waals surface area contributed by atoms with Gasteiger partial charge in [0.05, 0.1) is 48.7 Å². The summed E-state index contributed by atoms with van der Waals surface area (Å²) < 4.78 is 110. The van der Waals surface area contributed by atoms with Crippen molar-refractivity contribution in [2.24, 2.45) is 0 Å². The number of methoxy groups -OCH3 is 6. The first-order chi connectivity index (χ1) is 27.3. The number of hydrogen-bond acceptors (Lipinski definition) is 14. The number of rotatable bonds is 10. The smallest absolute Gasteiger partial charge is 0.493 e. The Hall–Kier alpha value is -5.27. The lowest BCUT2D eigenvalue weighted by molar-refractivity contribution is -0.0509. The summed E-state index contributed by atoms with van der Waals surface area (Å²) in [7, 11) is 2.51.